The van der Waals surface area contributed by atoms with E-state index >= 15 is 0 Å². The minimum absolute atomic E-state index is 0.0476. The zero-order chi connectivity index (χ0) is 15.4. The first-order chi connectivity index (χ1) is 10.0. The molecule has 0 spiro atoms. The largest absolute Gasteiger partial charge is 0.341 e. The second-order valence-electron chi connectivity index (χ2n) is 7.06. The number of hydrogen-bond acceptors (Lipinski definition) is 3. The van der Waals surface area contributed by atoms with Crippen LogP contribution in [-0.4, -0.2) is 60.5 Å². The number of piperidine rings is 1. The van der Waals surface area contributed by atoms with E-state index in [1.54, 1.807) is 0 Å². The van der Waals surface area contributed by atoms with Crippen LogP contribution in [0, 0.1) is 5.92 Å². The number of nitrogens with zero attached hydrogens (tertiary/aromatic N) is 2. The Bertz CT molecular complexity index is 329. The van der Waals surface area contributed by atoms with Gasteiger partial charge in [-0.15, -0.1) is 0 Å². The summed E-state index contributed by atoms with van der Waals surface area (Å²) in [5.74, 6) is 1.14. The Balaban J connectivity index is 1.84. The van der Waals surface area contributed by atoms with Gasteiger partial charge in [-0.1, -0.05) is 0 Å². The summed E-state index contributed by atoms with van der Waals surface area (Å²) in [4.78, 5) is 17.3. The Morgan fingerprint density at radius 1 is 1.14 bits per heavy atom. The second kappa shape index (κ2) is 7.59. The van der Waals surface area contributed by atoms with Crippen LogP contribution in [0.5, 0.6) is 0 Å². The number of likely N-dealkylation sites (tertiary alicyclic amines) is 2. The zero-order valence-corrected chi connectivity index (χ0v) is 14.3. The van der Waals surface area contributed by atoms with Gasteiger partial charge in [-0.05, 0) is 72.4 Å². The number of hydrogen-bond donors (Lipinski definition) is 1. The molecule has 0 saturated carbocycles. The number of nitrogens with one attached hydrogen (secondary N) is 1. The Morgan fingerprint density at radius 2 is 1.71 bits per heavy atom. The molecule has 2 aliphatic rings. The highest BCUT2D eigenvalue weighted by Gasteiger charge is 2.36. The van der Waals surface area contributed by atoms with Crippen LogP contribution in [0.1, 0.15) is 52.9 Å². The van der Waals surface area contributed by atoms with E-state index in [2.05, 4.69) is 35.9 Å². The predicted octanol–water partition coefficient (Wildman–Crippen LogP) is 2.10. The van der Waals surface area contributed by atoms with E-state index in [0.29, 0.717) is 18.0 Å². The van der Waals surface area contributed by atoms with Crippen molar-refractivity contribution in [3.8, 4) is 0 Å². The SMILES string of the molecule is CNCCC1CCN(C(=O)C(C)N2C(C)CCC2C)CC1. The van der Waals surface area contributed by atoms with Crippen molar-refractivity contribution in [2.75, 3.05) is 26.7 Å². The van der Waals surface area contributed by atoms with Gasteiger partial charge in [0.2, 0.25) is 5.91 Å². The average molecular weight is 295 g/mol. The summed E-state index contributed by atoms with van der Waals surface area (Å²) in [5, 5.41) is 3.23. The first-order valence-corrected chi connectivity index (χ1v) is 8.75. The summed E-state index contributed by atoms with van der Waals surface area (Å²) in [7, 11) is 2.01. The van der Waals surface area contributed by atoms with E-state index in [-0.39, 0.29) is 6.04 Å². The molecule has 21 heavy (non-hydrogen) atoms. The first-order valence-electron chi connectivity index (χ1n) is 8.75. The van der Waals surface area contributed by atoms with Gasteiger partial charge < -0.3 is 10.2 Å². The Labute approximate surface area is 130 Å². The van der Waals surface area contributed by atoms with Crippen molar-refractivity contribution >= 4 is 5.91 Å². The van der Waals surface area contributed by atoms with E-state index in [1.807, 2.05) is 7.05 Å². The summed E-state index contributed by atoms with van der Waals surface area (Å²) in [5.41, 5.74) is 0. The van der Waals surface area contributed by atoms with Crippen molar-refractivity contribution in [2.24, 2.45) is 5.92 Å². The summed E-state index contributed by atoms with van der Waals surface area (Å²) in [6.07, 6.45) is 6.04. The molecule has 3 unspecified atom stereocenters. The van der Waals surface area contributed by atoms with Crippen LogP contribution in [0.2, 0.25) is 0 Å². The van der Waals surface area contributed by atoms with Gasteiger partial charge >= 0.3 is 0 Å². The standard InChI is InChI=1S/C17H33N3O/c1-13-5-6-14(2)20(13)15(3)17(21)19-11-8-16(9-12-19)7-10-18-4/h13-16,18H,5-12H2,1-4H3. The van der Waals surface area contributed by atoms with Crippen LogP contribution in [0.15, 0.2) is 0 Å². The van der Waals surface area contributed by atoms with Gasteiger partial charge in [0, 0.05) is 25.2 Å². The van der Waals surface area contributed by atoms with Crippen molar-refractivity contribution in [1.29, 1.82) is 0 Å². The Hall–Kier alpha value is -0.610. The van der Waals surface area contributed by atoms with Gasteiger partial charge in [-0.3, -0.25) is 9.69 Å². The van der Waals surface area contributed by atoms with E-state index in [0.717, 1.165) is 25.6 Å². The third-order valence-electron chi connectivity index (χ3n) is 5.55. The molecule has 2 heterocycles. The number of amides is 1. The lowest BCUT2D eigenvalue weighted by atomic mass is 9.93. The van der Waals surface area contributed by atoms with Gasteiger partial charge in [-0.25, -0.2) is 0 Å². The fourth-order valence-electron chi connectivity index (χ4n) is 4.16. The van der Waals surface area contributed by atoms with Gasteiger partial charge in [-0.2, -0.15) is 0 Å². The lowest BCUT2D eigenvalue weighted by Gasteiger charge is -2.38. The molecule has 4 heteroatoms. The maximum Gasteiger partial charge on any atom is 0.239 e. The lowest BCUT2D eigenvalue weighted by molar-refractivity contribution is -0.138. The molecular formula is C17H33N3O. The van der Waals surface area contributed by atoms with Gasteiger partial charge in [0.05, 0.1) is 6.04 Å². The topological polar surface area (TPSA) is 35.6 Å². The summed E-state index contributed by atoms with van der Waals surface area (Å²) in [6.45, 7) is 9.63. The molecule has 0 aromatic rings. The van der Waals surface area contributed by atoms with Crippen LogP contribution in [0.4, 0.5) is 0 Å². The molecule has 2 rings (SSSR count). The molecule has 2 aliphatic heterocycles. The molecule has 0 aromatic carbocycles. The van der Waals surface area contributed by atoms with Gasteiger partial charge in [0.1, 0.15) is 0 Å². The van der Waals surface area contributed by atoms with Crippen molar-refractivity contribution in [2.45, 2.75) is 71.0 Å². The Kier molecular flexibility index (Phi) is 6.06. The number of carbonyl (C=O) groups is 1. The summed E-state index contributed by atoms with van der Waals surface area (Å²) in [6, 6.07) is 1.14. The highest BCUT2D eigenvalue weighted by molar-refractivity contribution is 5.81. The van der Waals surface area contributed by atoms with Crippen LogP contribution in [0.25, 0.3) is 0 Å². The minimum atomic E-state index is 0.0476. The Morgan fingerprint density at radius 3 is 2.24 bits per heavy atom. The maximum atomic E-state index is 12.8. The third kappa shape index (κ3) is 3.98. The molecule has 0 aromatic heterocycles. The number of carbonyl (C=O) groups excluding carboxylic acids is 1. The van der Waals surface area contributed by atoms with Crippen molar-refractivity contribution in [1.82, 2.24) is 15.1 Å². The predicted molar refractivity (Wildman–Crippen MR) is 87.3 cm³/mol. The molecule has 0 aliphatic carbocycles. The maximum absolute atomic E-state index is 12.8. The van der Waals surface area contributed by atoms with E-state index in [9.17, 15) is 4.79 Å². The van der Waals surface area contributed by atoms with Gasteiger partial charge in [0.15, 0.2) is 0 Å². The van der Waals surface area contributed by atoms with Crippen LogP contribution in [-0.2, 0) is 4.79 Å². The highest BCUT2D eigenvalue weighted by Crippen LogP contribution is 2.28. The quantitative estimate of drug-likeness (QED) is 0.843. The van der Waals surface area contributed by atoms with Crippen LogP contribution >= 0.6 is 0 Å². The molecule has 4 nitrogen and oxygen atoms in total. The summed E-state index contributed by atoms with van der Waals surface area (Å²) < 4.78 is 0. The number of rotatable bonds is 5. The van der Waals surface area contributed by atoms with Crippen molar-refractivity contribution < 1.29 is 4.79 Å². The molecule has 1 amide bonds. The molecule has 2 saturated heterocycles. The molecular weight excluding hydrogens is 262 g/mol. The normalized spacial score (nSPS) is 29.8. The third-order valence-corrected chi connectivity index (χ3v) is 5.55. The molecule has 1 N–H and O–H groups in total. The fourth-order valence-corrected chi connectivity index (χ4v) is 4.16. The zero-order valence-electron chi connectivity index (χ0n) is 14.3. The van der Waals surface area contributed by atoms with Crippen molar-refractivity contribution in [3.05, 3.63) is 0 Å². The molecule has 0 bridgehead atoms. The second-order valence-corrected chi connectivity index (χ2v) is 7.06. The molecule has 0 radical (unpaired) electrons. The van der Waals surface area contributed by atoms with E-state index in [4.69, 9.17) is 0 Å². The van der Waals surface area contributed by atoms with E-state index in [1.165, 1.54) is 32.1 Å². The first kappa shape index (κ1) is 16.8. The molecule has 2 fully saturated rings. The smallest absolute Gasteiger partial charge is 0.239 e. The minimum Gasteiger partial charge on any atom is -0.341 e. The van der Waals surface area contributed by atoms with Gasteiger partial charge in [0.25, 0.3) is 0 Å². The lowest BCUT2D eigenvalue weighted by Crippen LogP contribution is -2.52. The van der Waals surface area contributed by atoms with Crippen molar-refractivity contribution in [3.63, 3.8) is 0 Å². The van der Waals surface area contributed by atoms with Crippen LogP contribution in [0.3, 0.4) is 0 Å². The monoisotopic (exact) mass is 295 g/mol. The fraction of sp³-hybridized carbons (Fsp3) is 0.941. The highest BCUT2D eigenvalue weighted by atomic mass is 16.2. The summed E-state index contributed by atoms with van der Waals surface area (Å²) >= 11 is 0. The van der Waals surface area contributed by atoms with Crippen LogP contribution < -0.4 is 5.32 Å². The molecule has 122 valence electrons. The molecule has 3 atom stereocenters. The van der Waals surface area contributed by atoms with E-state index < -0.39 is 0 Å². The average Bonchev–Trinajstić information content (AvgIpc) is 2.83.